The van der Waals surface area contributed by atoms with Crippen LogP contribution < -0.4 is 11.0 Å². The maximum absolute atomic E-state index is 13.8. The number of nitrogens with zero attached hydrogens (tertiary/aromatic N) is 2. The lowest BCUT2D eigenvalue weighted by Crippen LogP contribution is -2.03. The van der Waals surface area contributed by atoms with Crippen molar-refractivity contribution in [2.45, 2.75) is 6.54 Å². The second-order valence-corrected chi connectivity index (χ2v) is 5.17. The molecule has 4 rings (SSSR count). The number of hydrogen-bond acceptors (Lipinski definition) is 4. The van der Waals surface area contributed by atoms with E-state index in [1.54, 1.807) is 12.1 Å². The molecule has 0 bridgehead atoms. The van der Waals surface area contributed by atoms with Crippen LogP contribution in [0.3, 0.4) is 0 Å². The zero-order valence-electron chi connectivity index (χ0n) is 11.9. The van der Waals surface area contributed by atoms with Gasteiger partial charge in [-0.1, -0.05) is 12.1 Å². The molecule has 0 aliphatic rings. The topological polar surface area (TPSA) is 86.5 Å². The van der Waals surface area contributed by atoms with Crippen LogP contribution in [-0.2, 0) is 6.54 Å². The molecule has 2 aromatic heterocycles. The Labute approximate surface area is 129 Å². The number of para-hydroxylation sites is 1. The second kappa shape index (κ2) is 5.20. The van der Waals surface area contributed by atoms with Crippen molar-refractivity contribution in [1.29, 1.82) is 0 Å². The number of H-pyrrole nitrogens is 2. The van der Waals surface area contributed by atoms with E-state index in [9.17, 15) is 9.18 Å². The third-order valence-electron chi connectivity index (χ3n) is 3.66. The molecule has 3 N–H and O–H groups in total. The van der Waals surface area contributed by atoms with Crippen LogP contribution in [-0.4, -0.2) is 19.9 Å². The van der Waals surface area contributed by atoms with Crippen LogP contribution in [0.4, 0.5) is 10.2 Å². The number of aromatic nitrogens is 4. The van der Waals surface area contributed by atoms with E-state index in [0.717, 1.165) is 16.6 Å². The molecule has 0 aliphatic heterocycles. The zero-order chi connectivity index (χ0) is 15.8. The number of nitrogens with one attached hydrogen (secondary N) is 3. The SMILES string of the molecule is O=c1[nH]c2ccc(CNc3ncnc4c(F)cccc34)cc2[nH]1. The molecule has 0 atom stereocenters. The number of aromatic amines is 2. The van der Waals surface area contributed by atoms with Crippen LogP contribution in [0.2, 0.25) is 0 Å². The summed E-state index contributed by atoms with van der Waals surface area (Å²) in [6.45, 7) is 0.492. The van der Waals surface area contributed by atoms with Crippen LogP contribution in [0, 0.1) is 5.82 Å². The fourth-order valence-electron chi connectivity index (χ4n) is 2.57. The fraction of sp³-hybridized carbons (Fsp3) is 0.0625. The van der Waals surface area contributed by atoms with Gasteiger partial charge in [0, 0.05) is 11.9 Å². The number of halogens is 1. The van der Waals surface area contributed by atoms with Crippen molar-refractivity contribution < 1.29 is 4.39 Å². The standard InChI is InChI=1S/C16H12FN5O/c17-11-3-1-2-10-14(11)19-8-20-15(10)18-7-9-4-5-12-13(6-9)22-16(23)21-12/h1-6,8H,7H2,(H,18,19,20)(H2,21,22,23). The van der Waals surface area contributed by atoms with E-state index in [0.29, 0.717) is 17.7 Å². The maximum Gasteiger partial charge on any atom is 0.323 e. The smallest absolute Gasteiger partial charge is 0.323 e. The number of rotatable bonds is 3. The molecule has 0 unspecified atom stereocenters. The van der Waals surface area contributed by atoms with Crippen LogP contribution in [0.1, 0.15) is 5.56 Å². The molecule has 6 nitrogen and oxygen atoms in total. The molecule has 2 aromatic carbocycles. The largest absolute Gasteiger partial charge is 0.365 e. The summed E-state index contributed by atoms with van der Waals surface area (Å²) in [4.78, 5) is 24.8. The Morgan fingerprint density at radius 3 is 2.87 bits per heavy atom. The van der Waals surface area contributed by atoms with E-state index in [2.05, 4.69) is 25.3 Å². The molecule has 0 saturated heterocycles. The molecule has 0 fully saturated rings. The highest BCUT2D eigenvalue weighted by Crippen LogP contribution is 2.22. The van der Waals surface area contributed by atoms with Crippen molar-refractivity contribution in [1.82, 2.24) is 19.9 Å². The first kappa shape index (κ1) is 13.4. The third-order valence-corrected chi connectivity index (χ3v) is 3.66. The number of benzene rings is 2. The van der Waals surface area contributed by atoms with Gasteiger partial charge in [-0.3, -0.25) is 0 Å². The maximum atomic E-state index is 13.8. The van der Waals surface area contributed by atoms with Gasteiger partial charge in [0.2, 0.25) is 0 Å². The van der Waals surface area contributed by atoms with Gasteiger partial charge in [-0.15, -0.1) is 0 Å². The molecule has 23 heavy (non-hydrogen) atoms. The summed E-state index contributed by atoms with van der Waals surface area (Å²) in [6, 6.07) is 10.4. The molecule has 7 heteroatoms. The van der Waals surface area contributed by atoms with Crippen molar-refractivity contribution >= 4 is 27.8 Å². The van der Waals surface area contributed by atoms with Gasteiger partial charge in [-0.25, -0.2) is 19.2 Å². The van der Waals surface area contributed by atoms with Gasteiger partial charge >= 0.3 is 5.69 Å². The average Bonchev–Trinajstić information content (AvgIpc) is 2.92. The van der Waals surface area contributed by atoms with Gasteiger partial charge in [0.05, 0.1) is 11.0 Å². The number of anilines is 1. The minimum absolute atomic E-state index is 0.234. The molecule has 0 amide bonds. The van der Waals surface area contributed by atoms with Crippen LogP contribution in [0.15, 0.2) is 47.5 Å². The van der Waals surface area contributed by atoms with E-state index in [-0.39, 0.29) is 17.0 Å². The van der Waals surface area contributed by atoms with Crippen LogP contribution in [0.5, 0.6) is 0 Å². The van der Waals surface area contributed by atoms with E-state index < -0.39 is 0 Å². The van der Waals surface area contributed by atoms with E-state index in [4.69, 9.17) is 0 Å². The summed E-state index contributed by atoms with van der Waals surface area (Å²) in [7, 11) is 0. The Balaban J connectivity index is 1.65. The summed E-state index contributed by atoms with van der Waals surface area (Å²) in [5, 5.41) is 3.81. The molecular weight excluding hydrogens is 297 g/mol. The predicted octanol–water partition coefficient (Wildman–Crippen LogP) is 2.55. The lowest BCUT2D eigenvalue weighted by atomic mass is 10.2. The van der Waals surface area contributed by atoms with Crippen molar-refractivity contribution in [3.8, 4) is 0 Å². The molecule has 114 valence electrons. The van der Waals surface area contributed by atoms with E-state index in [1.807, 2.05) is 18.2 Å². The molecule has 4 aromatic rings. The van der Waals surface area contributed by atoms with Crippen molar-refractivity contribution in [2.24, 2.45) is 0 Å². The van der Waals surface area contributed by atoms with Gasteiger partial charge in [0.1, 0.15) is 23.5 Å². The van der Waals surface area contributed by atoms with Crippen LogP contribution >= 0.6 is 0 Å². The first-order valence-electron chi connectivity index (χ1n) is 7.05. The molecule has 0 spiro atoms. The Bertz CT molecular complexity index is 1070. The van der Waals surface area contributed by atoms with Gasteiger partial charge in [0.15, 0.2) is 0 Å². The number of hydrogen-bond donors (Lipinski definition) is 3. The lowest BCUT2D eigenvalue weighted by molar-refractivity contribution is 0.636. The first-order chi connectivity index (χ1) is 11.2. The minimum atomic E-state index is -0.376. The number of imidazole rings is 1. The highest BCUT2D eigenvalue weighted by Gasteiger charge is 2.07. The summed E-state index contributed by atoms with van der Waals surface area (Å²) in [5.74, 6) is 0.191. The van der Waals surface area contributed by atoms with E-state index >= 15 is 0 Å². The summed E-state index contributed by atoms with van der Waals surface area (Å²) < 4.78 is 13.8. The molecule has 0 saturated carbocycles. The third kappa shape index (κ3) is 2.42. The van der Waals surface area contributed by atoms with Gasteiger partial charge in [-0.05, 0) is 29.8 Å². The first-order valence-corrected chi connectivity index (χ1v) is 7.05. The predicted molar refractivity (Wildman–Crippen MR) is 85.7 cm³/mol. The van der Waals surface area contributed by atoms with Gasteiger partial charge in [-0.2, -0.15) is 0 Å². The lowest BCUT2D eigenvalue weighted by Gasteiger charge is -2.08. The molecule has 0 radical (unpaired) electrons. The highest BCUT2D eigenvalue weighted by atomic mass is 19.1. The van der Waals surface area contributed by atoms with Crippen molar-refractivity contribution in [3.63, 3.8) is 0 Å². The Morgan fingerprint density at radius 2 is 1.96 bits per heavy atom. The Hall–Kier alpha value is -3.22. The summed E-state index contributed by atoms with van der Waals surface area (Å²) in [5.41, 5.74) is 2.52. The minimum Gasteiger partial charge on any atom is -0.365 e. The summed E-state index contributed by atoms with van der Waals surface area (Å²) >= 11 is 0. The quantitative estimate of drug-likeness (QED) is 0.543. The average molecular weight is 309 g/mol. The zero-order valence-corrected chi connectivity index (χ0v) is 11.9. The van der Waals surface area contributed by atoms with Crippen molar-refractivity contribution in [3.05, 3.63) is 64.6 Å². The Morgan fingerprint density at radius 1 is 1.09 bits per heavy atom. The van der Waals surface area contributed by atoms with E-state index in [1.165, 1.54) is 12.4 Å². The van der Waals surface area contributed by atoms with Gasteiger partial charge in [0.25, 0.3) is 0 Å². The summed E-state index contributed by atoms with van der Waals surface area (Å²) in [6.07, 6.45) is 1.33. The highest BCUT2D eigenvalue weighted by molar-refractivity contribution is 5.89. The molecule has 0 aliphatic carbocycles. The monoisotopic (exact) mass is 309 g/mol. The van der Waals surface area contributed by atoms with Gasteiger partial charge < -0.3 is 15.3 Å². The van der Waals surface area contributed by atoms with Crippen LogP contribution in [0.25, 0.3) is 21.9 Å². The van der Waals surface area contributed by atoms with Crippen molar-refractivity contribution in [2.75, 3.05) is 5.32 Å². The second-order valence-electron chi connectivity index (χ2n) is 5.17. The molecular formula is C16H12FN5O. The normalized spacial score (nSPS) is 11.2. The Kier molecular flexibility index (Phi) is 3.04. The molecule has 2 heterocycles. The number of fused-ring (bicyclic) bond motifs is 2. The fourth-order valence-corrected chi connectivity index (χ4v) is 2.57.